The van der Waals surface area contributed by atoms with Crippen LogP contribution in [0.25, 0.3) is 0 Å². The Balaban J connectivity index is 2.73. The van der Waals surface area contributed by atoms with Crippen LogP contribution in [-0.2, 0) is 4.79 Å². The minimum atomic E-state index is -0.843. The summed E-state index contributed by atoms with van der Waals surface area (Å²) in [5.41, 5.74) is 0.809. The number of aliphatic carboxylic acids is 1. The number of hydrogen-bond donors (Lipinski definition) is 1. The second-order valence-corrected chi connectivity index (χ2v) is 5.26. The zero-order chi connectivity index (χ0) is 12.0. The number of thiophene rings is 1. The number of hydrogen-bond acceptors (Lipinski definition) is 4. The lowest BCUT2D eigenvalue weighted by molar-refractivity contribution is -0.138. The van der Waals surface area contributed by atoms with Gasteiger partial charge in [-0.25, -0.2) is 4.79 Å². The summed E-state index contributed by atoms with van der Waals surface area (Å²) in [7, 11) is 0. The summed E-state index contributed by atoms with van der Waals surface area (Å²) in [6, 6.07) is 3.28. The highest BCUT2D eigenvalue weighted by Crippen LogP contribution is 2.12. The number of aliphatic imine (C=N–C) groups is 1. The lowest BCUT2D eigenvalue weighted by atomic mass is 10.2. The number of carboxylic acid groups (broad SMARTS) is 1. The molecule has 16 heavy (non-hydrogen) atoms. The van der Waals surface area contributed by atoms with Crippen LogP contribution in [-0.4, -0.2) is 34.8 Å². The molecule has 0 aliphatic heterocycles. The Bertz CT molecular complexity index is 360. The number of rotatable bonds is 6. The molecule has 1 aromatic heterocycles. The van der Waals surface area contributed by atoms with Crippen LogP contribution in [0.5, 0.6) is 0 Å². The van der Waals surface area contributed by atoms with Crippen molar-refractivity contribution in [2.45, 2.75) is 19.4 Å². The Kier molecular flexibility index (Phi) is 5.55. The van der Waals surface area contributed by atoms with Crippen molar-refractivity contribution >= 4 is 34.8 Å². The van der Waals surface area contributed by atoms with Crippen LogP contribution in [0, 0.1) is 0 Å². The van der Waals surface area contributed by atoms with Crippen molar-refractivity contribution in [3.05, 3.63) is 22.4 Å². The second-order valence-electron chi connectivity index (χ2n) is 3.33. The molecule has 0 radical (unpaired) electrons. The minimum absolute atomic E-state index is 0.583. The molecule has 0 aliphatic rings. The van der Waals surface area contributed by atoms with E-state index >= 15 is 0 Å². The molecule has 0 fully saturated rings. The summed E-state index contributed by atoms with van der Waals surface area (Å²) >= 11 is 3.22. The molecule has 3 nitrogen and oxygen atoms in total. The molecule has 1 aromatic rings. The molecule has 0 aromatic carbocycles. The summed E-state index contributed by atoms with van der Waals surface area (Å²) in [5.74, 6) is -0.0250. The standard InChI is InChI=1S/C11H15NO2S2/c1-8(10-4-3-6-16-10)12-9(11(13)14)5-7-15-2/h3-4,6,9H,5,7H2,1-2H3,(H,13,14)/t9-/m0/s1. The molecule has 0 aliphatic carbocycles. The van der Waals surface area contributed by atoms with E-state index in [1.54, 1.807) is 23.1 Å². The van der Waals surface area contributed by atoms with Gasteiger partial charge in [0.1, 0.15) is 6.04 Å². The van der Waals surface area contributed by atoms with Gasteiger partial charge < -0.3 is 5.11 Å². The van der Waals surface area contributed by atoms with Crippen LogP contribution in [0.1, 0.15) is 18.2 Å². The molecule has 88 valence electrons. The van der Waals surface area contributed by atoms with Gasteiger partial charge in [0.15, 0.2) is 0 Å². The van der Waals surface area contributed by atoms with Crippen molar-refractivity contribution < 1.29 is 9.90 Å². The Morgan fingerprint density at radius 3 is 2.94 bits per heavy atom. The van der Waals surface area contributed by atoms with Crippen LogP contribution < -0.4 is 0 Å². The maximum absolute atomic E-state index is 11.0. The second kappa shape index (κ2) is 6.70. The number of nitrogens with zero attached hydrogens (tertiary/aromatic N) is 1. The van der Waals surface area contributed by atoms with E-state index in [2.05, 4.69) is 4.99 Å². The normalized spacial score (nSPS) is 13.8. The van der Waals surface area contributed by atoms with Crippen LogP contribution in [0.15, 0.2) is 22.5 Å². The predicted molar refractivity (Wildman–Crippen MR) is 71.0 cm³/mol. The highest BCUT2D eigenvalue weighted by molar-refractivity contribution is 7.98. The highest BCUT2D eigenvalue weighted by atomic mass is 32.2. The topological polar surface area (TPSA) is 49.7 Å². The quantitative estimate of drug-likeness (QED) is 0.797. The third-order valence-electron chi connectivity index (χ3n) is 2.11. The highest BCUT2D eigenvalue weighted by Gasteiger charge is 2.16. The Hall–Kier alpha value is -0.810. The Labute approximate surface area is 104 Å². The van der Waals surface area contributed by atoms with E-state index in [1.165, 1.54) is 0 Å². The first-order valence-electron chi connectivity index (χ1n) is 4.95. The van der Waals surface area contributed by atoms with Crippen molar-refractivity contribution in [2.24, 2.45) is 4.99 Å². The van der Waals surface area contributed by atoms with Crippen molar-refractivity contribution in [1.29, 1.82) is 0 Å². The van der Waals surface area contributed by atoms with E-state index in [4.69, 9.17) is 5.11 Å². The van der Waals surface area contributed by atoms with Gasteiger partial charge >= 0.3 is 5.97 Å². The largest absolute Gasteiger partial charge is 0.480 e. The summed E-state index contributed by atoms with van der Waals surface area (Å²) < 4.78 is 0. The molecule has 5 heteroatoms. The lowest BCUT2D eigenvalue weighted by Gasteiger charge is -2.07. The maximum Gasteiger partial charge on any atom is 0.328 e. The third kappa shape index (κ3) is 3.98. The zero-order valence-electron chi connectivity index (χ0n) is 9.34. The van der Waals surface area contributed by atoms with Gasteiger partial charge in [0.05, 0.1) is 0 Å². The van der Waals surface area contributed by atoms with Crippen molar-refractivity contribution in [3.63, 3.8) is 0 Å². The molecule has 1 N–H and O–H groups in total. The fraction of sp³-hybridized carbons (Fsp3) is 0.455. The molecular formula is C11H15NO2S2. The first-order valence-corrected chi connectivity index (χ1v) is 7.22. The fourth-order valence-corrected chi connectivity index (χ4v) is 2.40. The van der Waals surface area contributed by atoms with Gasteiger partial charge in [0.2, 0.25) is 0 Å². The molecule has 0 saturated heterocycles. The Morgan fingerprint density at radius 2 is 2.44 bits per heavy atom. The van der Waals surface area contributed by atoms with Crippen molar-refractivity contribution in [1.82, 2.24) is 0 Å². The van der Waals surface area contributed by atoms with Gasteiger partial charge in [0.25, 0.3) is 0 Å². The smallest absolute Gasteiger partial charge is 0.328 e. The number of thioether (sulfide) groups is 1. The van der Waals surface area contributed by atoms with Crippen LogP contribution in [0.4, 0.5) is 0 Å². The van der Waals surface area contributed by atoms with Crippen LogP contribution in [0.3, 0.4) is 0 Å². The molecule has 0 unspecified atom stereocenters. The van der Waals surface area contributed by atoms with Gasteiger partial charge in [-0.15, -0.1) is 11.3 Å². The van der Waals surface area contributed by atoms with E-state index in [1.807, 2.05) is 30.7 Å². The van der Waals surface area contributed by atoms with E-state index in [-0.39, 0.29) is 0 Å². The average Bonchev–Trinajstić information content (AvgIpc) is 2.76. The van der Waals surface area contributed by atoms with Crippen molar-refractivity contribution in [2.75, 3.05) is 12.0 Å². The summed E-state index contributed by atoms with van der Waals surface area (Å²) in [5, 5.41) is 11.0. The summed E-state index contributed by atoms with van der Waals surface area (Å²) in [4.78, 5) is 16.3. The van der Waals surface area contributed by atoms with E-state index in [0.717, 1.165) is 16.3 Å². The van der Waals surface area contributed by atoms with Gasteiger partial charge in [-0.3, -0.25) is 4.99 Å². The molecule has 1 atom stereocenters. The third-order valence-corrected chi connectivity index (χ3v) is 3.73. The molecular weight excluding hydrogens is 242 g/mol. The zero-order valence-corrected chi connectivity index (χ0v) is 11.0. The molecule has 1 rings (SSSR count). The van der Waals surface area contributed by atoms with E-state index < -0.39 is 12.0 Å². The van der Waals surface area contributed by atoms with Gasteiger partial charge in [0, 0.05) is 10.6 Å². The molecule has 1 heterocycles. The van der Waals surface area contributed by atoms with Gasteiger partial charge in [-0.1, -0.05) is 6.07 Å². The predicted octanol–water partition coefficient (Wildman–Crippen LogP) is 2.76. The monoisotopic (exact) mass is 257 g/mol. The average molecular weight is 257 g/mol. The molecule has 0 spiro atoms. The maximum atomic E-state index is 11.0. The fourth-order valence-electron chi connectivity index (χ4n) is 1.25. The van der Waals surface area contributed by atoms with E-state index in [0.29, 0.717) is 6.42 Å². The summed E-state index contributed by atoms with van der Waals surface area (Å²) in [6.07, 6.45) is 2.55. The van der Waals surface area contributed by atoms with E-state index in [9.17, 15) is 4.79 Å². The molecule has 0 bridgehead atoms. The Morgan fingerprint density at radius 1 is 1.69 bits per heavy atom. The summed E-state index contributed by atoms with van der Waals surface area (Å²) in [6.45, 7) is 1.86. The molecule has 0 amide bonds. The van der Waals surface area contributed by atoms with Crippen LogP contribution in [0.2, 0.25) is 0 Å². The van der Waals surface area contributed by atoms with Gasteiger partial charge in [-0.05, 0) is 36.8 Å². The van der Waals surface area contributed by atoms with Crippen LogP contribution >= 0.6 is 23.1 Å². The minimum Gasteiger partial charge on any atom is -0.480 e. The first kappa shape index (κ1) is 13.3. The molecule has 0 saturated carbocycles. The number of carboxylic acids is 1. The van der Waals surface area contributed by atoms with Crippen molar-refractivity contribution in [3.8, 4) is 0 Å². The SMILES string of the molecule is CSCC[C@H](N=C(C)c1cccs1)C(=O)O. The lowest BCUT2D eigenvalue weighted by Crippen LogP contribution is -2.20. The van der Waals surface area contributed by atoms with Gasteiger partial charge in [-0.2, -0.15) is 11.8 Å². The number of carbonyl (C=O) groups is 1. The first-order chi connectivity index (χ1) is 7.65.